The average Bonchev–Trinajstić information content (AvgIpc) is 3.86. The third-order valence-corrected chi connectivity index (χ3v) is 12.3. The summed E-state index contributed by atoms with van der Waals surface area (Å²) in [6, 6.07) is 62.7. The first kappa shape index (κ1) is 27.4. The lowest BCUT2D eigenvalue weighted by Crippen LogP contribution is -1.95. The van der Waals surface area contributed by atoms with Crippen LogP contribution in [-0.4, -0.2) is 9.13 Å². The van der Waals surface area contributed by atoms with Gasteiger partial charge < -0.3 is 9.13 Å². The number of fused-ring (bicyclic) bond motifs is 17. The summed E-state index contributed by atoms with van der Waals surface area (Å²) in [6.07, 6.45) is 0. The summed E-state index contributed by atoms with van der Waals surface area (Å²) in [4.78, 5) is 0. The smallest absolute Gasteiger partial charge is 0.0634 e. The highest BCUT2D eigenvalue weighted by molar-refractivity contribution is 7.27. The minimum absolute atomic E-state index is 1.18. The molecule has 0 amide bonds. The standard InChI is InChI=1S/C48H28N2S/c1-2-12-29(13-3-1)49-42-21-11-9-19-38(42)45-43(49)26-24-39-46-44(51-48(39)45)27-25-37-36-18-8-10-20-41(36)50(47(37)46)30-22-23-35-33-16-5-4-14-31(33)32-15-6-7-17-34(32)40(35)28-30/h1-28H. The van der Waals surface area contributed by atoms with Crippen molar-refractivity contribution in [1.82, 2.24) is 9.13 Å². The molecule has 0 atom stereocenters. The fraction of sp³-hybridized carbons (Fsp3) is 0. The van der Waals surface area contributed by atoms with Gasteiger partial charge in [-0.3, -0.25) is 0 Å². The van der Waals surface area contributed by atoms with Crippen LogP contribution < -0.4 is 0 Å². The number of aromatic nitrogens is 2. The Kier molecular flexibility index (Phi) is 5.41. The van der Waals surface area contributed by atoms with Crippen LogP contribution in [0.3, 0.4) is 0 Å². The Hall–Kier alpha value is -6.42. The van der Waals surface area contributed by atoms with Crippen LogP contribution in [0.15, 0.2) is 170 Å². The highest BCUT2D eigenvalue weighted by Gasteiger charge is 2.22. The van der Waals surface area contributed by atoms with E-state index in [0.29, 0.717) is 0 Å². The second-order valence-electron chi connectivity index (χ2n) is 13.6. The van der Waals surface area contributed by atoms with E-state index in [2.05, 4.69) is 179 Å². The largest absolute Gasteiger partial charge is 0.309 e. The molecule has 51 heavy (non-hydrogen) atoms. The molecule has 0 spiro atoms. The van der Waals surface area contributed by atoms with Gasteiger partial charge in [0.1, 0.15) is 0 Å². The second-order valence-corrected chi connectivity index (χ2v) is 14.7. The summed E-state index contributed by atoms with van der Waals surface area (Å²) in [5.41, 5.74) is 7.35. The van der Waals surface area contributed by atoms with E-state index in [4.69, 9.17) is 0 Å². The molecule has 0 unspecified atom stereocenters. The van der Waals surface area contributed by atoms with Crippen molar-refractivity contribution >= 4 is 107 Å². The Morgan fingerprint density at radius 1 is 0.314 bits per heavy atom. The number of thiophene rings is 1. The van der Waals surface area contributed by atoms with Crippen LogP contribution in [0.5, 0.6) is 0 Å². The van der Waals surface area contributed by atoms with Crippen molar-refractivity contribution < 1.29 is 0 Å². The van der Waals surface area contributed by atoms with E-state index in [1.165, 1.54) is 107 Å². The molecule has 3 heteroatoms. The number of nitrogens with zero attached hydrogens (tertiary/aromatic N) is 2. The maximum absolute atomic E-state index is 2.53. The van der Waals surface area contributed by atoms with Gasteiger partial charge in [-0.25, -0.2) is 0 Å². The van der Waals surface area contributed by atoms with E-state index in [1.54, 1.807) is 0 Å². The van der Waals surface area contributed by atoms with Crippen LogP contribution in [0.1, 0.15) is 0 Å². The number of hydrogen-bond donors (Lipinski definition) is 0. The van der Waals surface area contributed by atoms with E-state index in [9.17, 15) is 0 Å². The van der Waals surface area contributed by atoms with Crippen molar-refractivity contribution in [3.05, 3.63) is 170 Å². The summed E-state index contributed by atoms with van der Waals surface area (Å²) in [5, 5.41) is 15.6. The van der Waals surface area contributed by atoms with Gasteiger partial charge in [0.15, 0.2) is 0 Å². The molecule has 0 bridgehead atoms. The van der Waals surface area contributed by atoms with Crippen molar-refractivity contribution in [3.8, 4) is 11.4 Å². The van der Waals surface area contributed by atoms with E-state index < -0.39 is 0 Å². The van der Waals surface area contributed by atoms with Gasteiger partial charge in [-0.1, -0.05) is 121 Å². The third-order valence-electron chi connectivity index (χ3n) is 11.1. The van der Waals surface area contributed by atoms with Crippen LogP contribution >= 0.6 is 11.3 Å². The lowest BCUT2D eigenvalue weighted by molar-refractivity contribution is 1.18. The molecule has 12 rings (SSSR count). The Balaban J connectivity index is 1.23. The van der Waals surface area contributed by atoms with Crippen LogP contribution in [0, 0.1) is 0 Å². The van der Waals surface area contributed by atoms with Gasteiger partial charge in [-0.2, -0.15) is 0 Å². The van der Waals surface area contributed by atoms with E-state index in [-0.39, 0.29) is 0 Å². The van der Waals surface area contributed by atoms with Crippen LogP contribution in [0.2, 0.25) is 0 Å². The molecule has 0 fully saturated rings. The SMILES string of the molecule is c1ccc(-n2c3ccccc3c3c4sc5ccc6c7ccccc7n(-c7ccc8c9ccccc9c9ccccc9c8c7)c6c5c4ccc32)cc1. The van der Waals surface area contributed by atoms with Gasteiger partial charge in [0.25, 0.3) is 0 Å². The van der Waals surface area contributed by atoms with Gasteiger partial charge in [-0.05, 0) is 80.8 Å². The molecule has 2 nitrogen and oxygen atoms in total. The van der Waals surface area contributed by atoms with Gasteiger partial charge in [0.05, 0.1) is 22.1 Å². The molecular formula is C48H28N2S. The fourth-order valence-corrected chi connectivity index (χ4v) is 10.2. The van der Waals surface area contributed by atoms with E-state index in [0.717, 1.165) is 0 Å². The van der Waals surface area contributed by atoms with Crippen molar-refractivity contribution in [2.75, 3.05) is 0 Å². The minimum Gasteiger partial charge on any atom is -0.309 e. The molecule has 0 aliphatic heterocycles. The van der Waals surface area contributed by atoms with Crippen LogP contribution in [-0.2, 0) is 0 Å². The maximum atomic E-state index is 2.53. The molecule has 3 heterocycles. The first-order valence-corrected chi connectivity index (χ1v) is 18.3. The van der Waals surface area contributed by atoms with Crippen molar-refractivity contribution in [2.45, 2.75) is 0 Å². The summed E-state index contributed by atoms with van der Waals surface area (Å²) < 4.78 is 7.60. The predicted molar refractivity (Wildman–Crippen MR) is 221 cm³/mol. The molecule has 0 radical (unpaired) electrons. The van der Waals surface area contributed by atoms with Crippen molar-refractivity contribution in [2.24, 2.45) is 0 Å². The molecule has 12 aromatic rings. The van der Waals surface area contributed by atoms with Crippen molar-refractivity contribution in [3.63, 3.8) is 0 Å². The zero-order chi connectivity index (χ0) is 33.2. The summed E-state index contributed by atoms with van der Waals surface area (Å²) >= 11 is 1.92. The second kappa shape index (κ2) is 10.1. The number of hydrogen-bond acceptors (Lipinski definition) is 1. The first-order chi connectivity index (χ1) is 25.3. The predicted octanol–water partition coefficient (Wildman–Crippen LogP) is 13.7. The normalized spacial score (nSPS) is 12.3. The van der Waals surface area contributed by atoms with E-state index >= 15 is 0 Å². The molecule has 9 aromatic carbocycles. The lowest BCUT2D eigenvalue weighted by Gasteiger charge is -2.14. The number of benzene rings is 9. The van der Waals surface area contributed by atoms with Gasteiger partial charge in [0.2, 0.25) is 0 Å². The molecule has 0 aliphatic rings. The quantitative estimate of drug-likeness (QED) is 0.163. The molecular weight excluding hydrogens is 637 g/mol. The fourth-order valence-electron chi connectivity index (χ4n) is 8.98. The lowest BCUT2D eigenvalue weighted by atomic mass is 9.94. The number of rotatable bonds is 2. The Bertz CT molecular complexity index is 3380. The molecule has 0 saturated carbocycles. The molecule has 3 aromatic heterocycles. The average molecular weight is 665 g/mol. The van der Waals surface area contributed by atoms with Crippen molar-refractivity contribution in [1.29, 1.82) is 0 Å². The Labute approximate surface area is 296 Å². The number of para-hydroxylation sites is 3. The maximum Gasteiger partial charge on any atom is 0.0634 e. The van der Waals surface area contributed by atoms with Gasteiger partial charge >= 0.3 is 0 Å². The zero-order valence-corrected chi connectivity index (χ0v) is 28.3. The summed E-state index contributed by atoms with van der Waals surface area (Å²) in [6.45, 7) is 0. The van der Waals surface area contributed by atoms with Crippen LogP contribution in [0.25, 0.3) is 107 Å². The molecule has 0 N–H and O–H groups in total. The van der Waals surface area contributed by atoms with Crippen LogP contribution in [0.4, 0.5) is 0 Å². The summed E-state index contributed by atoms with van der Waals surface area (Å²) in [7, 11) is 0. The topological polar surface area (TPSA) is 9.86 Å². The van der Waals surface area contributed by atoms with E-state index in [1.807, 2.05) is 11.3 Å². The monoisotopic (exact) mass is 664 g/mol. The Morgan fingerprint density at radius 2 is 0.863 bits per heavy atom. The first-order valence-electron chi connectivity index (χ1n) is 17.5. The van der Waals surface area contributed by atoms with Gasteiger partial charge in [-0.15, -0.1) is 11.3 Å². The zero-order valence-electron chi connectivity index (χ0n) is 27.5. The summed E-state index contributed by atoms with van der Waals surface area (Å²) in [5.74, 6) is 0. The Morgan fingerprint density at radius 3 is 1.59 bits per heavy atom. The highest BCUT2D eigenvalue weighted by Crippen LogP contribution is 2.47. The molecule has 0 saturated heterocycles. The molecule has 0 aliphatic carbocycles. The van der Waals surface area contributed by atoms with Gasteiger partial charge in [0, 0.05) is 53.1 Å². The third kappa shape index (κ3) is 3.60. The molecule has 236 valence electrons. The highest BCUT2D eigenvalue weighted by atomic mass is 32.1. The minimum atomic E-state index is 1.18.